The molecule has 0 amide bonds. The third-order valence-electron chi connectivity index (χ3n) is 1.76. The van der Waals surface area contributed by atoms with Gasteiger partial charge in [-0.3, -0.25) is 0 Å². The summed E-state index contributed by atoms with van der Waals surface area (Å²) in [6.45, 7) is 7.95. The van der Waals surface area contributed by atoms with Crippen LogP contribution in [0.25, 0.3) is 0 Å². The topological polar surface area (TPSA) is 38.7 Å². The van der Waals surface area contributed by atoms with Crippen LogP contribution in [0.15, 0.2) is 5.16 Å². The molecule has 0 atom stereocenters. The van der Waals surface area contributed by atoms with E-state index in [0.717, 1.165) is 11.4 Å². The van der Waals surface area contributed by atoms with Crippen molar-refractivity contribution in [1.29, 1.82) is 0 Å². The molecule has 0 saturated carbocycles. The highest BCUT2D eigenvalue weighted by Crippen LogP contribution is 2.30. The highest BCUT2D eigenvalue weighted by molar-refractivity contribution is 8.00. The van der Waals surface area contributed by atoms with E-state index in [0.29, 0.717) is 11.0 Å². The number of rotatable bonds is 3. The Bertz CT molecular complexity index is 328. The lowest BCUT2D eigenvalue weighted by molar-refractivity contribution is 0.759. The Hall–Kier alpha value is -0.350. The van der Waals surface area contributed by atoms with Crippen molar-refractivity contribution < 1.29 is 0 Å². The second-order valence-electron chi connectivity index (χ2n) is 3.76. The van der Waals surface area contributed by atoms with Crippen LogP contribution in [0, 0.1) is 13.8 Å². The summed E-state index contributed by atoms with van der Waals surface area (Å²) in [7, 11) is 0. The predicted octanol–water partition coefficient (Wildman–Crippen LogP) is 2.60. The molecule has 0 spiro atoms. The Morgan fingerprint density at radius 2 is 1.86 bits per heavy atom. The van der Waals surface area contributed by atoms with E-state index in [1.807, 2.05) is 13.8 Å². The third-order valence-corrected chi connectivity index (χ3v) is 3.64. The SMILES string of the molecule is Cc1nnc(SC(C)(C)CCl)nc1C. The van der Waals surface area contributed by atoms with E-state index in [1.165, 1.54) is 0 Å². The average Bonchev–Trinajstić information content (AvgIpc) is 2.11. The van der Waals surface area contributed by atoms with E-state index in [-0.39, 0.29) is 4.75 Å². The Kier molecular flexibility index (Phi) is 3.72. The Balaban J connectivity index is 2.83. The smallest absolute Gasteiger partial charge is 0.209 e. The van der Waals surface area contributed by atoms with Gasteiger partial charge in [0.1, 0.15) is 0 Å². The lowest BCUT2D eigenvalue weighted by Crippen LogP contribution is -2.17. The number of thioether (sulfide) groups is 1. The quantitative estimate of drug-likeness (QED) is 0.592. The van der Waals surface area contributed by atoms with Crippen LogP contribution in [-0.4, -0.2) is 25.8 Å². The van der Waals surface area contributed by atoms with E-state index >= 15 is 0 Å². The fourth-order valence-electron chi connectivity index (χ4n) is 0.754. The van der Waals surface area contributed by atoms with Gasteiger partial charge in [0.2, 0.25) is 5.16 Å². The summed E-state index contributed by atoms with van der Waals surface area (Å²) in [5.41, 5.74) is 1.80. The largest absolute Gasteiger partial charge is 0.225 e. The minimum atomic E-state index is -0.0507. The molecule has 0 N–H and O–H groups in total. The van der Waals surface area contributed by atoms with Gasteiger partial charge in [0.15, 0.2) is 0 Å². The number of halogens is 1. The van der Waals surface area contributed by atoms with Crippen molar-refractivity contribution >= 4 is 23.4 Å². The molecule has 0 bridgehead atoms. The van der Waals surface area contributed by atoms with Crippen LogP contribution in [0.1, 0.15) is 25.2 Å². The van der Waals surface area contributed by atoms with Gasteiger partial charge in [-0.15, -0.1) is 16.7 Å². The van der Waals surface area contributed by atoms with Crippen molar-refractivity contribution in [1.82, 2.24) is 15.2 Å². The zero-order valence-corrected chi connectivity index (χ0v) is 10.4. The molecule has 3 nitrogen and oxygen atoms in total. The number of aryl methyl sites for hydroxylation is 2. The Labute approximate surface area is 93.7 Å². The summed E-state index contributed by atoms with van der Waals surface area (Å²) in [5, 5.41) is 8.73. The Morgan fingerprint density at radius 1 is 1.21 bits per heavy atom. The molecule has 0 fully saturated rings. The van der Waals surface area contributed by atoms with Crippen molar-refractivity contribution in [3.8, 4) is 0 Å². The van der Waals surface area contributed by atoms with E-state index < -0.39 is 0 Å². The summed E-state index contributed by atoms with van der Waals surface area (Å²) in [6, 6.07) is 0. The van der Waals surface area contributed by atoms with E-state index in [9.17, 15) is 0 Å². The molecule has 0 saturated heterocycles. The molecule has 0 aliphatic rings. The number of nitrogens with zero attached hydrogens (tertiary/aromatic N) is 3. The summed E-state index contributed by atoms with van der Waals surface area (Å²) in [6.07, 6.45) is 0. The first-order valence-corrected chi connectivity index (χ1v) is 5.72. The van der Waals surface area contributed by atoms with Crippen molar-refractivity contribution in [2.45, 2.75) is 37.6 Å². The van der Waals surface area contributed by atoms with Crippen LogP contribution in [-0.2, 0) is 0 Å². The normalized spacial score (nSPS) is 11.8. The molecule has 0 aliphatic heterocycles. The van der Waals surface area contributed by atoms with Crippen LogP contribution < -0.4 is 0 Å². The lowest BCUT2D eigenvalue weighted by atomic mass is 10.2. The molecule has 1 heterocycles. The van der Waals surface area contributed by atoms with Gasteiger partial charge in [-0.25, -0.2) is 4.98 Å². The first-order valence-electron chi connectivity index (χ1n) is 4.37. The van der Waals surface area contributed by atoms with Gasteiger partial charge < -0.3 is 0 Å². The molecule has 1 rings (SSSR count). The predicted molar refractivity (Wildman–Crippen MR) is 60.0 cm³/mol. The fraction of sp³-hybridized carbons (Fsp3) is 0.667. The molecule has 1 aromatic rings. The molecule has 0 unspecified atom stereocenters. The summed E-state index contributed by atoms with van der Waals surface area (Å²) in [5.74, 6) is 0.563. The molecule has 0 radical (unpaired) electrons. The third kappa shape index (κ3) is 3.10. The maximum atomic E-state index is 5.82. The first-order chi connectivity index (χ1) is 6.44. The lowest BCUT2D eigenvalue weighted by Gasteiger charge is -2.18. The molecule has 5 heteroatoms. The minimum Gasteiger partial charge on any atom is -0.225 e. The van der Waals surface area contributed by atoms with E-state index in [2.05, 4.69) is 29.0 Å². The summed E-state index contributed by atoms with van der Waals surface area (Å²) in [4.78, 5) is 4.34. The summed E-state index contributed by atoms with van der Waals surface area (Å²) < 4.78 is -0.0507. The van der Waals surface area contributed by atoms with Crippen molar-refractivity contribution in [3.05, 3.63) is 11.4 Å². The maximum absolute atomic E-state index is 5.82. The van der Waals surface area contributed by atoms with Crippen LogP contribution in [0.5, 0.6) is 0 Å². The molecule has 0 aromatic carbocycles. The zero-order chi connectivity index (χ0) is 10.8. The molecular weight excluding hydrogens is 218 g/mol. The second-order valence-corrected chi connectivity index (χ2v) is 5.70. The van der Waals surface area contributed by atoms with E-state index in [1.54, 1.807) is 11.8 Å². The van der Waals surface area contributed by atoms with Crippen molar-refractivity contribution in [2.24, 2.45) is 0 Å². The zero-order valence-electron chi connectivity index (χ0n) is 8.83. The van der Waals surface area contributed by atoms with Crippen LogP contribution in [0.2, 0.25) is 0 Å². The monoisotopic (exact) mass is 231 g/mol. The Morgan fingerprint density at radius 3 is 2.36 bits per heavy atom. The van der Waals surface area contributed by atoms with Gasteiger partial charge >= 0.3 is 0 Å². The van der Waals surface area contributed by atoms with Gasteiger partial charge in [-0.1, -0.05) is 11.8 Å². The number of alkyl halides is 1. The average molecular weight is 232 g/mol. The van der Waals surface area contributed by atoms with Gasteiger partial charge in [-0.2, -0.15) is 5.10 Å². The van der Waals surface area contributed by atoms with Crippen molar-refractivity contribution in [2.75, 3.05) is 5.88 Å². The standard InChI is InChI=1S/C9H14ClN3S/c1-6-7(2)12-13-8(11-6)14-9(3,4)5-10/h5H2,1-4H3. The van der Waals surface area contributed by atoms with Crippen molar-refractivity contribution in [3.63, 3.8) is 0 Å². The molecule has 1 aromatic heterocycles. The van der Waals surface area contributed by atoms with Crippen LogP contribution in [0.3, 0.4) is 0 Å². The first kappa shape index (κ1) is 11.7. The number of hydrogen-bond donors (Lipinski definition) is 0. The molecule has 0 aliphatic carbocycles. The highest BCUT2D eigenvalue weighted by atomic mass is 35.5. The molecule has 78 valence electrons. The summed E-state index contributed by atoms with van der Waals surface area (Å²) >= 11 is 7.37. The van der Waals surface area contributed by atoms with Gasteiger partial charge in [0.25, 0.3) is 0 Å². The highest BCUT2D eigenvalue weighted by Gasteiger charge is 2.20. The van der Waals surface area contributed by atoms with Crippen LogP contribution >= 0.6 is 23.4 Å². The maximum Gasteiger partial charge on any atom is 0.209 e. The van der Waals surface area contributed by atoms with Gasteiger partial charge in [0, 0.05) is 10.6 Å². The van der Waals surface area contributed by atoms with Crippen LogP contribution in [0.4, 0.5) is 0 Å². The second kappa shape index (κ2) is 4.45. The van der Waals surface area contributed by atoms with Gasteiger partial charge in [0.05, 0.1) is 11.4 Å². The number of hydrogen-bond acceptors (Lipinski definition) is 4. The minimum absolute atomic E-state index is 0.0507. The molecule has 14 heavy (non-hydrogen) atoms. The van der Waals surface area contributed by atoms with Gasteiger partial charge in [-0.05, 0) is 27.7 Å². The fourth-order valence-corrected chi connectivity index (χ4v) is 1.73. The van der Waals surface area contributed by atoms with E-state index in [4.69, 9.17) is 11.6 Å². The molecular formula is C9H14ClN3S. The number of aromatic nitrogens is 3.